The molecular formula is C28H32F3N5O2. The topological polar surface area (TPSA) is 86.7 Å². The van der Waals surface area contributed by atoms with Gasteiger partial charge in [0, 0.05) is 20.5 Å². The lowest BCUT2D eigenvalue weighted by molar-refractivity contribution is -0.127. The molecule has 2 aromatic carbocycles. The number of fused-ring (bicyclic) bond motifs is 1. The Morgan fingerprint density at radius 3 is 2.47 bits per heavy atom. The number of halogens is 3. The van der Waals surface area contributed by atoms with E-state index in [1.54, 1.807) is 12.1 Å². The quantitative estimate of drug-likeness (QED) is 0.455. The van der Waals surface area contributed by atoms with Crippen LogP contribution in [0.1, 0.15) is 46.4 Å². The number of aliphatic imine (C=N–C) groups is 1. The van der Waals surface area contributed by atoms with Crippen molar-refractivity contribution in [2.24, 2.45) is 4.99 Å². The molecular weight excluding hydrogens is 495 g/mol. The Morgan fingerprint density at radius 1 is 1.05 bits per heavy atom. The van der Waals surface area contributed by atoms with Crippen LogP contribution >= 0.6 is 0 Å². The summed E-state index contributed by atoms with van der Waals surface area (Å²) in [5, 5.41) is 5.40. The maximum atomic E-state index is 14.8. The molecule has 5 rings (SSSR count). The maximum Gasteiger partial charge on any atom is 0.269 e. The van der Waals surface area contributed by atoms with E-state index in [4.69, 9.17) is 0 Å². The molecule has 0 unspecified atom stereocenters. The smallest absolute Gasteiger partial charge is 0.269 e. The number of benzodiazepines with no additional fused rings is 1. The number of amides is 2. The first-order chi connectivity index (χ1) is 18.3. The summed E-state index contributed by atoms with van der Waals surface area (Å²) in [5.41, 5.74) is 1.52. The second-order valence-corrected chi connectivity index (χ2v) is 8.61. The first-order valence-electron chi connectivity index (χ1n) is 12.5. The van der Waals surface area contributed by atoms with Crippen molar-refractivity contribution in [2.45, 2.75) is 45.8 Å². The molecule has 2 aliphatic rings. The number of aryl methyl sites for hydroxylation is 1. The van der Waals surface area contributed by atoms with Crippen molar-refractivity contribution >= 4 is 28.9 Å². The van der Waals surface area contributed by atoms with Crippen molar-refractivity contribution in [3.8, 4) is 0 Å². The van der Waals surface area contributed by atoms with Crippen LogP contribution in [0, 0.1) is 24.5 Å². The number of anilines is 2. The number of rotatable bonds is 4. The molecule has 1 saturated heterocycles. The molecule has 2 amide bonds. The summed E-state index contributed by atoms with van der Waals surface area (Å²) < 4.78 is 43.3. The Balaban J connectivity index is 0.00000137. The van der Waals surface area contributed by atoms with Gasteiger partial charge >= 0.3 is 0 Å². The van der Waals surface area contributed by atoms with Gasteiger partial charge in [-0.15, -0.1) is 0 Å². The maximum absolute atomic E-state index is 14.8. The van der Waals surface area contributed by atoms with E-state index in [1.807, 2.05) is 56.3 Å². The fraction of sp³-hybridized carbons (Fsp3) is 0.286. The van der Waals surface area contributed by atoms with Crippen LogP contribution in [-0.4, -0.2) is 41.3 Å². The van der Waals surface area contributed by atoms with Crippen LogP contribution in [-0.2, 0) is 9.59 Å². The number of nitrogens with one attached hydrogen (secondary N) is 2. The summed E-state index contributed by atoms with van der Waals surface area (Å²) in [6.45, 7) is 5.36. The molecule has 38 heavy (non-hydrogen) atoms. The van der Waals surface area contributed by atoms with Crippen molar-refractivity contribution in [3.63, 3.8) is 0 Å². The summed E-state index contributed by atoms with van der Waals surface area (Å²) in [7, 11) is 0. The standard InChI is InChI=1S/C26H22F3N5O2.C2H6.2H2/c1-14-19(27)22(20(28)23(29)30-14)34-13-7-12-18(34)25(35)33-24-26(36)31-17-11-6-5-10-16(17)21(32-24)15-8-3-2-4-9-15;1-2;;/h2-6,8-11,18,24H,7,12-13H2,1H3,(H,31,36)(H,33,35);1-2H3;2*1H/t18-,24+;;;/m0.../s1. The predicted octanol–water partition coefficient (Wildman–Crippen LogP) is 5.23. The minimum Gasteiger partial charge on any atom is -0.355 e. The van der Waals surface area contributed by atoms with Gasteiger partial charge in [-0.3, -0.25) is 9.59 Å². The molecule has 0 radical (unpaired) electrons. The van der Waals surface area contributed by atoms with Gasteiger partial charge < -0.3 is 15.5 Å². The van der Waals surface area contributed by atoms with E-state index in [0.717, 1.165) is 5.56 Å². The molecule has 10 heteroatoms. The van der Waals surface area contributed by atoms with Crippen LogP contribution in [0.15, 0.2) is 59.6 Å². The zero-order valence-corrected chi connectivity index (χ0v) is 21.3. The molecule has 202 valence electrons. The molecule has 1 fully saturated rings. The van der Waals surface area contributed by atoms with Crippen LogP contribution < -0.4 is 15.5 Å². The van der Waals surface area contributed by atoms with Gasteiger partial charge in [0.05, 0.1) is 17.1 Å². The number of benzene rings is 2. The van der Waals surface area contributed by atoms with Gasteiger partial charge in [0.15, 0.2) is 5.82 Å². The van der Waals surface area contributed by atoms with Crippen molar-refractivity contribution in [3.05, 3.63) is 89.0 Å². The van der Waals surface area contributed by atoms with Crippen LogP contribution in [0.5, 0.6) is 0 Å². The first-order valence-corrected chi connectivity index (χ1v) is 12.5. The van der Waals surface area contributed by atoms with Gasteiger partial charge in [-0.1, -0.05) is 62.4 Å². The highest BCUT2D eigenvalue weighted by Crippen LogP contribution is 2.33. The van der Waals surface area contributed by atoms with Crippen LogP contribution in [0.4, 0.5) is 24.5 Å². The third-order valence-electron chi connectivity index (χ3n) is 6.30. The Hall–Kier alpha value is -4.21. The van der Waals surface area contributed by atoms with Gasteiger partial charge in [-0.05, 0) is 25.8 Å². The fourth-order valence-corrected chi connectivity index (χ4v) is 4.58. The second kappa shape index (κ2) is 11.5. The number of pyridine rings is 1. The minimum atomic E-state index is -1.45. The van der Waals surface area contributed by atoms with E-state index in [9.17, 15) is 22.8 Å². The van der Waals surface area contributed by atoms with Gasteiger partial charge in [0.2, 0.25) is 17.9 Å². The fourth-order valence-electron chi connectivity index (χ4n) is 4.58. The van der Waals surface area contributed by atoms with Gasteiger partial charge in [-0.2, -0.15) is 8.78 Å². The normalized spacial score (nSPS) is 18.4. The molecule has 0 aliphatic carbocycles. The van der Waals surface area contributed by atoms with Crippen molar-refractivity contribution < 1.29 is 25.6 Å². The molecule has 2 aliphatic heterocycles. The summed E-state index contributed by atoms with van der Waals surface area (Å²) in [5.74, 6) is -5.13. The van der Waals surface area contributed by atoms with E-state index in [0.29, 0.717) is 23.4 Å². The van der Waals surface area contributed by atoms with Crippen molar-refractivity contribution in [1.82, 2.24) is 10.3 Å². The molecule has 0 bridgehead atoms. The molecule has 7 nitrogen and oxygen atoms in total. The summed E-state index contributed by atoms with van der Waals surface area (Å²) in [6.07, 6.45) is -0.591. The Kier molecular flexibility index (Phi) is 8.09. The first kappa shape index (κ1) is 26.8. The molecule has 3 aromatic rings. The Morgan fingerprint density at radius 2 is 1.74 bits per heavy atom. The summed E-state index contributed by atoms with van der Waals surface area (Å²) in [4.78, 5) is 35.3. The van der Waals surface area contributed by atoms with Gasteiger partial charge in [-0.25, -0.2) is 14.4 Å². The van der Waals surface area contributed by atoms with Crippen molar-refractivity contribution in [1.29, 1.82) is 0 Å². The third kappa shape index (κ3) is 5.11. The van der Waals surface area contributed by atoms with Crippen LogP contribution in [0.25, 0.3) is 0 Å². The van der Waals surface area contributed by atoms with Crippen LogP contribution in [0.2, 0.25) is 0 Å². The monoisotopic (exact) mass is 527 g/mol. The average Bonchev–Trinajstić information content (AvgIpc) is 3.36. The third-order valence-corrected chi connectivity index (χ3v) is 6.30. The zero-order chi connectivity index (χ0) is 27.4. The predicted molar refractivity (Wildman–Crippen MR) is 144 cm³/mol. The molecule has 3 heterocycles. The lowest BCUT2D eigenvalue weighted by Gasteiger charge is -2.27. The molecule has 0 saturated carbocycles. The lowest BCUT2D eigenvalue weighted by atomic mass is 10.0. The molecule has 1 aromatic heterocycles. The van der Waals surface area contributed by atoms with E-state index in [1.165, 1.54) is 11.8 Å². The van der Waals surface area contributed by atoms with Crippen LogP contribution in [0.3, 0.4) is 0 Å². The number of hydrogen-bond acceptors (Lipinski definition) is 5. The van der Waals surface area contributed by atoms with E-state index in [-0.39, 0.29) is 21.5 Å². The molecule has 0 spiro atoms. The highest BCUT2D eigenvalue weighted by Gasteiger charge is 2.38. The Labute approximate surface area is 221 Å². The highest BCUT2D eigenvalue weighted by atomic mass is 19.2. The zero-order valence-electron chi connectivity index (χ0n) is 21.3. The highest BCUT2D eigenvalue weighted by molar-refractivity contribution is 6.19. The number of nitrogens with zero attached hydrogens (tertiary/aromatic N) is 3. The van der Waals surface area contributed by atoms with E-state index < -0.39 is 47.3 Å². The van der Waals surface area contributed by atoms with E-state index in [2.05, 4.69) is 20.6 Å². The number of hydrogen-bond donors (Lipinski definition) is 2. The van der Waals surface area contributed by atoms with Gasteiger partial charge in [0.25, 0.3) is 11.9 Å². The Bertz CT molecular complexity index is 1370. The van der Waals surface area contributed by atoms with Crippen molar-refractivity contribution in [2.75, 3.05) is 16.8 Å². The van der Waals surface area contributed by atoms with Gasteiger partial charge in [0.1, 0.15) is 11.7 Å². The molecule has 2 atom stereocenters. The number of carbonyl (C=O) groups excluding carboxylic acids is 2. The average molecular weight is 528 g/mol. The molecule has 2 N–H and O–H groups in total. The summed E-state index contributed by atoms with van der Waals surface area (Å²) >= 11 is 0. The summed E-state index contributed by atoms with van der Waals surface area (Å²) in [6, 6.07) is 15.3. The minimum absolute atomic E-state index is 0. The SMILES string of the molecule is CC.Cc1nc(F)c(F)c(N2CCC[C@H]2C(=O)N[C@H]2N=C(c3ccccc3)c3ccccc3NC2=O)c1F.[HH].[HH]. The largest absolute Gasteiger partial charge is 0.355 e. The number of carbonyl (C=O) groups is 2. The number of aromatic nitrogens is 1. The van der Waals surface area contributed by atoms with E-state index >= 15 is 0 Å². The number of para-hydroxylation sites is 1. The second-order valence-electron chi connectivity index (χ2n) is 8.61. The lowest BCUT2D eigenvalue weighted by Crippen LogP contribution is -2.50.